The molecule has 1 aliphatic heterocycles. The highest BCUT2D eigenvalue weighted by molar-refractivity contribution is 6.01. The number of imide groups is 1. The van der Waals surface area contributed by atoms with Crippen molar-refractivity contribution in [3.63, 3.8) is 0 Å². The number of hydroxylamine groups is 2. The zero-order valence-corrected chi connectivity index (χ0v) is 18.3. The predicted molar refractivity (Wildman–Crippen MR) is 109 cm³/mol. The van der Waals surface area contributed by atoms with Crippen molar-refractivity contribution in [2.45, 2.75) is 72.1 Å². The van der Waals surface area contributed by atoms with Crippen LogP contribution in [-0.2, 0) is 33.5 Å². The molecule has 0 saturated carbocycles. The molecule has 0 aromatic carbocycles. The van der Waals surface area contributed by atoms with Crippen molar-refractivity contribution in [3.05, 3.63) is 0 Å². The Labute approximate surface area is 178 Å². The molecule has 1 fully saturated rings. The maximum Gasteiger partial charge on any atom is 0.333 e. The standard InChI is InChI=1S/C18H29N3O7.C2H6/c1-14(22)19-10-12-27-13-11-20-15(23)6-4-2-3-5-7-18(26)28-21-16(24)8-9-17(21)25;1-2/h2-13H2,1H3,(H,19,22)(H,20,23);1-2H3. The Balaban J connectivity index is 0.00000407. The minimum atomic E-state index is -0.597. The summed E-state index contributed by atoms with van der Waals surface area (Å²) in [6, 6.07) is 0. The smallest absolute Gasteiger partial charge is 0.333 e. The summed E-state index contributed by atoms with van der Waals surface area (Å²) in [4.78, 5) is 61.3. The molecule has 172 valence electrons. The summed E-state index contributed by atoms with van der Waals surface area (Å²) in [5.74, 6) is -1.73. The lowest BCUT2D eigenvalue weighted by Crippen LogP contribution is -2.31. The fraction of sp³-hybridized carbons (Fsp3) is 0.750. The average molecular weight is 430 g/mol. The van der Waals surface area contributed by atoms with Crippen LogP contribution >= 0.6 is 0 Å². The van der Waals surface area contributed by atoms with Gasteiger partial charge in [0.15, 0.2) is 0 Å². The van der Waals surface area contributed by atoms with Gasteiger partial charge in [0, 0.05) is 45.7 Å². The second-order valence-electron chi connectivity index (χ2n) is 6.40. The van der Waals surface area contributed by atoms with Gasteiger partial charge in [-0.1, -0.05) is 26.7 Å². The number of ether oxygens (including phenoxy) is 1. The normalized spacial score (nSPS) is 12.8. The van der Waals surface area contributed by atoms with Gasteiger partial charge in [0.25, 0.3) is 11.8 Å². The topological polar surface area (TPSA) is 131 Å². The molecule has 2 N–H and O–H groups in total. The number of hydrogen-bond donors (Lipinski definition) is 2. The summed E-state index contributed by atoms with van der Waals surface area (Å²) in [5.41, 5.74) is 0. The highest BCUT2D eigenvalue weighted by Crippen LogP contribution is 2.13. The SMILES string of the molecule is CC.CC(=O)NCCOCCNC(=O)CCCCCCC(=O)ON1C(=O)CCC1=O. The molecule has 0 bridgehead atoms. The number of amides is 4. The molecule has 0 atom stereocenters. The highest BCUT2D eigenvalue weighted by atomic mass is 16.7. The maximum absolute atomic E-state index is 11.6. The van der Waals surface area contributed by atoms with Gasteiger partial charge in [-0.25, -0.2) is 4.79 Å². The van der Waals surface area contributed by atoms with Gasteiger partial charge in [-0.05, 0) is 12.8 Å². The highest BCUT2D eigenvalue weighted by Gasteiger charge is 2.32. The van der Waals surface area contributed by atoms with Crippen LogP contribution in [-0.4, -0.2) is 61.0 Å². The fourth-order valence-electron chi connectivity index (χ4n) is 2.47. The molecule has 0 unspecified atom stereocenters. The van der Waals surface area contributed by atoms with Gasteiger partial charge in [0.1, 0.15) is 0 Å². The molecular weight excluding hydrogens is 394 g/mol. The van der Waals surface area contributed by atoms with Crippen molar-refractivity contribution in [1.29, 1.82) is 0 Å². The van der Waals surface area contributed by atoms with Crippen LogP contribution in [0.2, 0.25) is 0 Å². The monoisotopic (exact) mass is 429 g/mol. The molecular formula is C20H35N3O7. The van der Waals surface area contributed by atoms with Crippen LogP contribution in [0.3, 0.4) is 0 Å². The second-order valence-corrected chi connectivity index (χ2v) is 6.40. The molecule has 0 aliphatic carbocycles. The zero-order chi connectivity index (χ0) is 22.8. The molecule has 1 aliphatic rings. The lowest BCUT2D eigenvalue weighted by molar-refractivity contribution is -0.197. The van der Waals surface area contributed by atoms with Crippen molar-refractivity contribution in [1.82, 2.24) is 15.7 Å². The molecule has 30 heavy (non-hydrogen) atoms. The largest absolute Gasteiger partial charge is 0.378 e. The number of carbonyl (C=O) groups excluding carboxylic acids is 5. The van der Waals surface area contributed by atoms with E-state index in [0.29, 0.717) is 50.6 Å². The first-order chi connectivity index (χ1) is 14.4. The van der Waals surface area contributed by atoms with E-state index in [9.17, 15) is 24.0 Å². The first-order valence-electron chi connectivity index (χ1n) is 10.6. The third kappa shape index (κ3) is 13.6. The Morgan fingerprint density at radius 2 is 1.40 bits per heavy atom. The molecule has 0 aromatic heterocycles. The van der Waals surface area contributed by atoms with E-state index in [1.165, 1.54) is 6.92 Å². The van der Waals surface area contributed by atoms with E-state index in [2.05, 4.69) is 10.6 Å². The van der Waals surface area contributed by atoms with Crippen LogP contribution < -0.4 is 10.6 Å². The predicted octanol–water partition coefficient (Wildman–Crippen LogP) is 1.23. The van der Waals surface area contributed by atoms with Crippen molar-refractivity contribution in [3.8, 4) is 0 Å². The quantitative estimate of drug-likeness (QED) is 0.314. The Bertz CT molecular complexity index is 551. The minimum Gasteiger partial charge on any atom is -0.378 e. The van der Waals surface area contributed by atoms with Gasteiger partial charge in [-0.15, -0.1) is 5.06 Å². The lowest BCUT2D eigenvalue weighted by Gasteiger charge is -2.12. The Hall–Kier alpha value is -2.49. The lowest BCUT2D eigenvalue weighted by atomic mass is 10.1. The van der Waals surface area contributed by atoms with Crippen LogP contribution in [0.25, 0.3) is 0 Å². The molecule has 0 aromatic rings. The van der Waals surface area contributed by atoms with Crippen LogP contribution in [0.15, 0.2) is 0 Å². The summed E-state index contributed by atoms with van der Waals surface area (Å²) >= 11 is 0. The first-order valence-corrected chi connectivity index (χ1v) is 10.6. The number of nitrogens with zero attached hydrogens (tertiary/aromatic N) is 1. The van der Waals surface area contributed by atoms with Crippen molar-refractivity contribution in [2.75, 3.05) is 26.3 Å². The Morgan fingerprint density at radius 3 is 1.97 bits per heavy atom. The summed E-state index contributed by atoms with van der Waals surface area (Å²) < 4.78 is 5.26. The second kappa shape index (κ2) is 17.4. The summed E-state index contributed by atoms with van der Waals surface area (Å²) in [6.45, 7) is 7.08. The molecule has 1 rings (SSSR count). The average Bonchev–Trinajstić information content (AvgIpc) is 3.03. The molecule has 1 saturated heterocycles. The first kappa shape index (κ1) is 27.5. The molecule has 0 radical (unpaired) electrons. The summed E-state index contributed by atoms with van der Waals surface area (Å²) in [6.07, 6.45) is 3.49. The minimum absolute atomic E-state index is 0.0593. The molecule has 10 nitrogen and oxygen atoms in total. The Kier molecular flexibility index (Phi) is 15.9. The van der Waals surface area contributed by atoms with Crippen molar-refractivity contribution in [2.24, 2.45) is 0 Å². The summed E-state index contributed by atoms with van der Waals surface area (Å²) in [5, 5.41) is 5.90. The van der Waals surface area contributed by atoms with Gasteiger partial charge in [-0.3, -0.25) is 19.2 Å². The fourth-order valence-corrected chi connectivity index (χ4v) is 2.47. The van der Waals surface area contributed by atoms with Gasteiger partial charge in [0.05, 0.1) is 13.2 Å². The van der Waals surface area contributed by atoms with Gasteiger partial charge >= 0.3 is 5.97 Å². The van der Waals surface area contributed by atoms with E-state index >= 15 is 0 Å². The van der Waals surface area contributed by atoms with E-state index in [1.54, 1.807) is 0 Å². The molecule has 1 heterocycles. The molecule has 10 heteroatoms. The molecule has 0 spiro atoms. The number of rotatable bonds is 14. The maximum atomic E-state index is 11.6. The van der Waals surface area contributed by atoms with Crippen LogP contribution in [0, 0.1) is 0 Å². The zero-order valence-electron chi connectivity index (χ0n) is 18.3. The number of carbonyl (C=O) groups is 5. The van der Waals surface area contributed by atoms with E-state index in [4.69, 9.17) is 9.57 Å². The van der Waals surface area contributed by atoms with E-state index < -0.39 is 17.8 Å². The van der Waals surface area contributed by atoms with E-state index in [-0.39, 0.29) is 31.1 Å². The number of hydrogen-bond acceptors (Lipinski definition) is 7. The van der Waals surface area contributed by atoms with Crippen molar-refractivity contribution >= 4 is 29.6 Å². The van der Waals surface area contributed by atoms with Gasteiger partial charge < -0.3 is 20.2 Å². The number of unbranched alkanes of at least 4 members (excludes halogenated alkanes) is 3. The van der Waals surface area contributed by atoms with Crippen LogP contribution in [0.4, 0.5) is 0 Å². The van der Waals surface area contributed by atoms with Crippen LogP contribution in [0.5, 0.6) is 0 Å². The Morgan fingerprint density at radius 1 is 0.867 bits per heavy atom. The third-order valence-electron chi connectivity index (χ3n) is 3.92. The third-order valence-corrected chi connectivity index (χ3v) is 3.92. The van der Waals surface area contributed by atoms with Crippen LogP contribution in [0.1, 0.15) is 72.1 Å². The van der Waals surface area contributed by atoms with E-state index in [0.717, 1.165) is 12.8 Å². The van der Waals surface area contributed by atoms with E-state index in [1.807, 2.05) is 13.8 Å². The summed E-state index contributed by atoms with van der Waals surface area (Å²) in [7, 11) is 0. The van der Waals surface area contributed by atoms with Gasteiger partial charge in [0.2, 0.25) is 11.8 Å². The van der Waals surface area contributed by atoms with Crippen molar-refractivity contribution < 1.29 is 33.5 Å². The van der Waals surface area contributed by atoms with Gasteiger partial charge in [-0.2, -0.15) is 0 Å². The number of nitrogens with one attached hydrogen (secondary N) is 2. The molecule has 4 amide bonds.